The molecule has 7 heteroatoms. The van der Waals surface area contributed by atoms with Crippen molar-refractivity contribution < 1.29 is 17.9 Å². The lowest BCUT2D eigenvalue weighted by molar-refractivity contribution is 0.0986. The lowest BCUT2D eigenvalue weighted by Crippen LogP contribution is -2.34. The molecule has 0 radical (unpaired) electrons. The first kappa shape index (κ1) is 23.3. The van der Waals surface area contributed by atoms with Gasteiger partial charge in [0, 0.05) is 30.9 Å². The lowest BCUT2D eigenvalue weighted by Gasteiger charge is -2.24. The zero-order chi connectivity index (χ0) is 22.3. The maximum absolute atomic E-state index is 13.4. The number of amides is 1. The summed E-state index contributed by atoms with van der Waals surface area (Å²) in [6, 6.07) is 14.2. The maximum atomic E-state index is 13.4. The van der Waals surface area contributed by atoms with E-state index in [0.29, 0.717) is 25.2 Å². The second kappa shape index (κ2) is 10.8. The van der Waals surface area contributed by atoms with Crippen LogP contribution in [0.4, 0.5) is 5.69 Å². The van der Waals surface area contributed by atoms with E-state index in [4.69, 9.17) is 4.74 Å². The molecule has 0 unspecified atom stereocenters. The van der Waals surface area contributed by atoms with Crippen LogP contribution in [0.15, 0.2) is 53.4 Å². The van der Waals surface area contributed by atoms with E-state index in [2.05, 4.69) is 6.92 Å². The van der Waals surface area contributed by atoms with E-state index in [1.165, 1.54) is 17.5 Å². The van der Waals surface area contributed by atoms with E-state index in [-0.39, 0.29) is 16.6 Å². The van der Waals surface area contributed by atoms with Crippen LogP contribution in [0, 0.1) is 0 Å². The van der Waals surface area contributed by atoms with Gasteiger partial charge in [0.05, 0.1) is 7.11 Å². The number of ether oxygens (including phenoxy) is 1. The number of hydrogen-bond acceptors (Lipinski definition) is 4. The largest absolute Gasteiger partial charge is 0.495 e. The van der Waals surface area contributed by atoms with Crippen LogP contribution in [0.3, 0.4) is 0 Å². The average Bonchev–Trinajstić information content (AvgIpc) is 3.10. The smallest absolute Gasteiger partial charge is 0.258 e. The van der Waals surface area contributed by atoms with Crippen LogP contribution >= 0.6 is 0 Å². The summed E-state index contributed by atoms with van der Waals surface area (Å²) in [5.41, 5.74) is 1.14. The molecule has 3 rings (SSSR count). The Morgan fingerprint density at radius 1 is 1.03 bits per heavy atom. The van der Waals surface area contributed by atoms with Crippen LogP contribution in [0.1, 0.15) is 55.8 Å². The number of unbranched alkanes of at least 4 members (excludes halogenated alkanes) is 1. The summed E-state index contributed by atoms with van der Waals surface area (Å²) in [4.78, 5) is 15.2. The van der Waals surface area contributed by atoms with Gasteiger partial charge in [-0.2, -0.15) is 4.31 Å². The number of sulfonamides is 1. The number of methoxy groups -OCH3 is 1. The standard InChI is InChI=1S/C24H32N2O4S/c1-3-4-18-26(21-12-8-7-9-13-21)24(27)20-14-15-22(30-2)23(19-20)31(28,29)25-16-10-5-6-11-17-25/h7-9,12-15,19H,3-6,10-11,16-18H2,1-2H3. The Morgan fingerprint density at radius 2 is 1.71 bits per heavy atom. The highest BCUT2D eigenvalue weighted by atomic mass is 32.2. The Kier molecular flexibility index (Phi) is 8.09. The van der Waals surface area contributed by atoms with Crippen LogP contribution in [-0.4, -0.2) is 45.4 Å². The topological polar surface area (TPSA) is 66.9 Å². The highest BCUT2D eigenvalue weighted by Crippen LogP contribution is 2.30. The summed E-state index contributed by atoms with van der Waals surface area (Å²) >= 11 is 0. The molecule has 168 valence electrons. The summed E-state index contributed by atoms with van der Waals surface area (Å²) < 4.78 is 33.7. The van der Waals surface area contributed by atoms with Crippen molar-refractivity contribution in [2.24, 2.45) is 0 Å². The summed E-state index contributed by atoms with van der Waals surface area (Å²) in [5.74, 6) is 0.0511. The van der Waals surface area contributed by atoms with Gasteiger partial charge in [-0.25, -0.2) is 8.42 Å². The van der Waals surface area contributed by atoms with Crippen LogP contribution in [0.25, 0.3) is 0 Å². The molecular weight excluding hydrogens is 412 g/mol. The van der Waals surface area contributed by atoms with Crippen molar-refractivity contribution in [1.29, 1.82) is 0 Å². The van der Waals surface area contributed by atoms with Gasteiger partial charge in [0.25, 0.3) is 5.91 Å². The van der Waals surface area contributed by atoms with Crippen LogP contribution in [-0.2, 0) is 10.0 Å². The molecule has 0 N–H and O–H groups in total. The third kappa shape index (κ3) is 5.46. The molecule has 0 aliphatic carbocycles. The molecular formula is C24H32N2O4S. The number of carbonyl (C=O) groups excluding carboxylic acids is 1. The predicted molar refractivity (Wildman–Crippen MR) is 123 cm³/mol. The first-order chi connectivity index (χ1) is 15.0. The molecule has 0 bridgehead atoms. The molecule has 1 heterocycles. The maximum Gasteiger partial charge on any atom is 0.258 e. The normalized spacial score (nSPS) is 15.3. The van der Waals surface area contributed by atoms with Crippen molar-refractivity contribution in [3.05, 3.63) is 54.1 Å². The number of para-hydroxylation sites is 1. The molecule has 1 aliphatic heterocycles. The summed E-state index contributed by atoms with van der Waals surface area (Å²) in [5, 5.41) is 0. The fourth-order valence-electron chi connectivity index (χ4n) is 3.86. The third-order valence-electron chi connectivity index (χ3n) is 5.64. The molecule has 0 aromatic heterocycles. The Hall–Kier alpha value is -2.38. The van der Waals surface area contributed by atoms with Crippen molar-refractivity contribution in [3.8, 4) is 5.75 Å². The molecule has 0 spiro atoms. The minimum atomic E-state index is -3.75. The van der Waals surface area contributed by atoms with Crippen molar-refractivity contribution in [1.82, 2.24) is 4.31 Å². The number of benzene rings is 2. The van der Waals surface area contributed by atoms with E-state index < -0.39 is 10.0 Å². The van der Waals surface area contributed by atoms with Crippen LogP contribution < -0.4 is 9.64 Å². The molecule has 1 saturated heterocycles. The Balaban J connectivity index is 1.99. The second-order valence-electron chi connectivity index (χ2n) is 7.83. The third-order valence-corrected chi connectivity index (χ3v) is 7.56. The minimum Gasteiger partial charge on any atom is -0.495 e. The average molecular weight is 445 g/mol. The van der Waals surface area contributed by atoms with Gasteiger partial charge in [-0.1, -0.05) is 44.4 Å². The van der Waals surface area contributed by atoms with Gasteiger partial charge in [0.2, 0.25) is 10.0 Å². The number of nitrogens with zero attached hydrogens (tertiary/aromatic N) is 2. The molecule has 0 atom stereocenters. The van der Waals surface area contributed by atoms with Gasteiger partial charge >= 0.3 is 0 Å². The number of anilines is 1. The first-order valence-electron chi connectivity index (χ1n) is 11.0. The Labute approximate surface area is 185 Å². The molecule has 6 nitrogen and oxygen atoms in total. The van der Waals surface area contributed by atoms with Gasteiger partial charge in [-0.15, -0.1) is 0 Å². The number of carbonyl (C=O) groups is 1. The van der Waals surface area contributed by atoms with Gasteiger partial charge < -0.3 is 9.64 Å². The fraction of sp³-hybridized carbons (Fsp3) is 0.458. The van der Waals surface area contributed by atoms with E-state index in [1.54, 1.807) is 17.0 Å². The number of rotatable bonds is 8. The quantitative estimate of drug-likeness (QED) is 0.592. The first-order valence-corrected chi connectivity index (χ1v) is 12.5. The van der Waals surface area contributed by atoms with Gasteiger partial charge in [-0.05, 0) is 49.6 Å². The Bertz CT molecular complexity index is 968. The molecule has 1 fully saturated rings. The van der Waals surface area contributed by atoms with E-state index >= 15 is 0 Å². The summed E-state index contributed by atoms with van der Waals surface area (Å²) in [6.07, 6.45) is 5.57. The van der Waals surface area contributed by atoms with E-state index in [9.17, 15) is 13.2 Å². The summed E-state index contributed by atoms with van der Waals surface area (Å²) in [6.45, 7) is 3.64. The fourth-order valence-corrected chi connectivity index (χ4v) is 5.56. The van der Waals surface area contributed by atoms with Crippen LogP contribution in [0.2, 0.25) is 0 Å². The predicted octanol–water partition coefficient (Wildman–Crippen LogP) is 4.71. The molecule has 2 aromatic rings. The summed E-state index contributed by atoms with van der Waals surface area (Å²) in [7, 11) is -2.30. The van der Waals surface area contributed by atoms with Crippen molar-refractivity contribution in [3.63, 3.8) is 0 Å². The molecule has 1 aliphatic rings. The molecule has 2 aromatic carbocycles. The molecule has 31 heavy (non-hydrogen) atoms. The Morgan fingerprint density at radius 3 is 2.32 bits per heavy atom. The zero-order valence-electron chi connectivity index (χ0n) is 18.4. The number of hydrogen-bond donors (Lipinski definition) is 0. The van der Waals surface area contributed by atoms with Crippen molar-refractivity contribution in [2.75, 3.05) is 31.6 Å². The minimum absolute atomic E-state index is 0.0613. The molecule has 0 saturated carbocycles. The van der Waals surface area contributed by atoms with Crippen molar-refractivity contribution in [2.45, 2.75) is 50.3 Å². The SMILES string of the molecule is CCCCN(C(=O)c1ccc(OC)c(S(=O)(=O)N2CCCCCC2)c1)c1ccccc1. The highest BCUT2D eigenvalue weighted by Gasteiger charge is 2.30. The van der Waals surface area contributed by atoms with E-state index in [0.717, 1.165) is 44.2 Å². The van der Waals surface area contributed by atoms with Gasteiger partial charge in [0.1, 0.15) is 10.6 Å². The monoisotopic (exact) mass is 444 g/mol. The second-order valence-corrected chi connectivity index (χ2v) is 9.74. The zero-order valence-corrected chi connectivity index (χ0v) is 19.2. The van der Waals surface area contributed by atoms with Crippen LogP contribution in [0.5, 0.6) is 5.75 Å². The van der Waals surface area contributed by atoms with Crippen molar-refractivity contribution >= 4 is 21.6 Å². The lowest BCUT2D eigenvalue weighted by atomic mass is 10.1. The van der Waals surface area contributed by atoms with Gasteiger partial charge in [0.15, 0.2) is 0 Å². The highest BCUT2D eigenvalue weighted by molar-refractivity contribution is 7.89. The van der Waals surface area contributed by atoms with E-state index in [1.807, 2.05) is 30.3 Å². The molecule has 1 amide bonds. The van der Waals surface area contributed by atoms with Gasteiger partial charge in [-0.3, -0.25) is 4.79 Å².